The van der Waals surface area contributed by atoms with Crippen LogP contribution < -0.4 is 5.73 Å². The van der Waals surface area contributed by atoms with Crippen molar-refractivity contribution in [3.05, 3.63) is 50.6 Å². The SMILES string of the molecule is CN(Cc1csc(Br)c1)S(=O)(=O)c1cccc(C(N)=S)c1. The number of thiophene rings is 1. The molecule has 0 saturated heterocycles. The van der Waals surface area contributed by atoms with Gasteiger partial charge in [-0.05, 0) is 45.1 Å². The summed E-state index contributed by atoms with van der Waals surface area (Å²) in [5.74, 6) is 0. The van der Waals surface area contributed by atoms with Gasteiger partial charge in [-0.25, -0.2) is 8.42 Å². The molecule has 2 aromatic rings. The lowest BCUT2D eigenvalue weighted by atomic mass is 10.2. The molecule has 0 radical (unpaired) electrons. The molecule has 2 rings (SSSR count). The highest BCUT2D eigenvalue weighted by Gasteiger charge is 2.21. The van der Waals surface area contributed by atoms with E-state index in [9.17, 15) is 8.42 Å². The lowest BCUT2D eigenvalue weighted by Crippen LogP contribution is -2.26. The highest BCUT2D eigenvalue weighted by Crippen LogP contribution is 2.24. The van der Waals surface area contributed by atoms with Crippen molar-refractivity contribution in [2.24, 2.45) is 5.73 Å². The van der Waals surface area contributed by atoms with Crippen LogP contribution in [0.1, 0.15) is 11.1 Å². The molecule has 1 aromatic heterocycles. The second-order valence-corrected chi connectivity index (χ2v) is 9.19. The number of sulfonamides is 1. The van der Waals surface area contributed by atoms with E-state index in [1.54, 1.807) is 19.2 Å². The van der Waals surface area contributed by atoms with E-state index < -0.39 is 10.0 Å². The first-order valence-electron chi connectivity index (χ1n) is 5.90. The second kappa shape index (κ2) is 6.53. The van der Waals surface area contributed by atoms with Crippen LogP contribution in [-0.2, 0) is 16.6 Å². The highest BCUT2D eigenvalue weighted by atomic mass is 79.9. The van der Waals surface area contributed by atoms with Crippen LogP contribution in [0.3, 0.4) is 0 Å². The van der Waals surface area contributed by atoms with Crippen LogP contribution in [0.25, 0.3) is 0 Å². The smallest absolute Gasteiger partial charge is 0.243 e. The normalized spacial score (nSPS) is 11.8. The van der Waals surface area contributed by atoms with Gasteiger partial charge in [0, 0.05) is 19.2 Å². The zero-order valence-electron chi connectivity index (χ0n) is 11.1. The lowest BCUT2D eigenvalue weighted by molar-refractivity contribution is 0.467. The summed E-state index contributed by atoms with van der Waals surface area (Å²) < 4.78 is 27.4. The van der Waals surface area contributed by atoms with E-state index in [4.69, 9.17) is 18.0 Å². The van der Waals surface area contributed by atoms with Crippen molar-refractivity contribution in [1.82, 2.24) is 4.31 Å². The Bertz CT molecular complexity index is 771. The minimum Gasteiger partial charge on any atom is -0.389 e. The maximum atomic E-state index is 12.6. The topological polar surface area (TPSA) is 63.4 Å². The molecule has 0 atom stereocenters. The molecule has 21 heavy (non-hydrogen) atoms. The van der Waals surface area contributed by atoms with Crippen LogP contribution in [0.2, 0.25) is 0 Å². The molecule has 112 valence electrons. The van der Waals surface area contributed by atoms with Gasteiger partial charge in [0.25, 0.3) is 0 Å². The van der Waals surface area contributed by atoms with E-state index in [0.29, 0.717) is 12.1 Å². The van der Waals surface area contributed by atoms with Gasteiger partial charge in [-0.15, -0.1) is 11.3 Å². The average Bonchev–Trinajstić information content (AvgIpc) is 2.84. The molecule has 4 nitrogen and oxygen atoms in total. The van der Waals surface area contributed by atoms with Crippen molar-refractivity contribution in [2.45, 2.75) is 11.4 Å². The number of nitrogens with zero attached hydrogens (tertiary/aromatic N) is 1. The molecular formula is C13H13BrN2O2S3. The van der Waals surface area contributed by atoms with Gasteiger partial charge in [0.1, 0.15) is 4.99 Å². The summed E-state index contributed by atoms with van der Waals surface area (Å²) in [7, 11) is -2.03. The summed E-state index contributed by atoms with van der Waals surface area (Å²) in [6, 6.07) is 8.27. The third-order valence-electron chi connectivity index (χ3n) is 2.85. The number of halogens is 1. The fraction of sp³-hybridized carbons (Fsp3) is 0.154. The molecule has 0 aliphatic heterocycles. The summed E-state index contributed by atoms with van der Waals surface area (Å²) in [5, 5.41) is 1.92. The largest absolute Gasteiger partial charge is 0.389 e. The number of hydrogen-bond acceptors (Lipinski definition) is 4. The van der Waals surface area contributed by atoms with Crippen LogP contribution in [0, 0.1) is 0 Å². The second-order valence-electron chi connectivity index (χ2n) is 4.41. The van der Waals surface area contributed by atoms with Crippen LogP contribution in [-0.4, -0.2) is 24.8 Å². The van der Waals surface area contributed by atoms with Gasteiger partial charge in [0.05, 0.1) is 8.68 Å². The molecule has 0 aliphatic carbocycles. The van der Waals surface area contributed by atoms with Crippen molar-refractivity contribution in [3.63, 3.8) is 0 Å². The minimum absolute atomic E-state index is 0.177. The molecule has 1 aromatic carbocycles. The van der Waals surface area contributed by atoms with E-state index in [2.05, 4.69) is 15.9 Å². The predicted molar refractivity (Wildman–Crippen MR) is 93.0 cm³/mol. The Labute approximate surface area is 141 Å². The fourth-order valence-corrected chi connectivity index (χ4v) is 4.29. The van der Waals surface area contributed by atoms with Crippen molar-refractivity contribution in [3.8, 4) is 0 Å². The molecule has 0 fully saturated rings. The first kappa shape index (κ1) is 16.6. The first-order chi connectivity index (χ1) is 9.80. The molecule has 0 amide bonds. The summed E-state index contributed by atoms with van der Waals surface area (Å²) in [5.41, 5.74) is 7.02. The molecule has 0 aliphatic rings. The van der Waals surface area contributed by atoms with Gasteiger partial charge in [-0.3, -0.25) is 0 Å². The van der Waals surface area contributed by atoms with Crippen molar-refractivity contribution in [2.75, 3.05) is 7.05 Å². The van der Waals surface area contributed by atoms with Crippen LogP contribution in [0.4, 0.5) is 0 Å². The molecule has 1 heterocycles. The van der Waals surface area contributed by atoms with Crippen molar-refractivity contribution < 1.29 is 8.42 Å². The van der Waals surface area contributed by atoms with Gasteiger partial charge < -0.3 is 5.73 Å². The summed E-state index contributed by atoms with van der Waals surface area (Å²) in [6.45, 7) is 0.307. The summed E-state index contributed by atoms with van der Waals surface area (Å²) >= 11 is 9.77. The summed E-state index contributed by atoms with van der Waals surface area (Å²) in [4.78, 5) is 0.362. The molecule has 0 bridgehead atoms. The van der Waals surface area contributed by atoms with Gasteiger partial charge in [-0.1, -0.05) is 24.4 Å². The van der Waals surface area contributed by atoms with Crippen LogP contribution in [0.15, 0.2) is 44.4 Å². The maximum absolute atomic E-state index is 12.6. The molecule has 0 saturated carbocycles. The monoisotopic (exact) mass is 404 g/mol. The van der Waals surface area contributed by atoms with Gasteiger partial charge in [0.2, 0.25) is 10.0 Å². The van der Waals surface area contributed by atoms with Crippen LogP contribution in [0.5, 0.6) is 0 Å². The highest BCUT2D eigenvalue weighted by molar-refractivity contribution is 9.11. The summed E-state index contributed by atoms with van der Waals surface area (Å²) in [6.07, 6.45) is 0. The molecule has 8 heteroatoms. The number of rotatable bonds is 5. The average molecular weight is 405 g/mol. The molecule has 0 spiro atoms. The predicted octanol–water partition coefficient (Wildman–Crippen LogP) is 2.97. The number of nitrogens with two attached hydrogens (primary N) is 1. The quantitative estimate of drug-likeness (QED) is 0.777. The van der Waals surface area contributed by atoms with E-state index >= 15 is 0 Å². The van der Waals surface area contributed by atoms with Crippen molar-refractivity contribution >= 4 is 54.5 Å². The molecule has 0 unspecified atom stereocenters. The van der Waals surface area contributed by atoms with E-state index in [-0.39, 0.29) is 9.88 Å². The lowest BCUT2D eigenvalue weighted by Gasteiger charge is -2.17. The third kappa shape index (κ3) is 3.89. The van der Waals surface area contributed by atoms with Gasteiger partial charge in [-0.2, -0.15) is 4.31 Å². The van der Waals surface area contributed by atoms with E-state index in [1.165, 1.54) is 27.8 Å². The zero-order valence-corrected chi connectivity index (χ0v) is 15.2. The van der Waals surface area contributed by atoms with Crippen molar-refractivity contribution in [1.29, 1.82) is 0 Å². The van der Waals surface area contributed by atoms with Gasteiger partial charge in [0.15, 0.2) is 0 Å². The molecular weight excluding hydrogens is 392 g/mol. The number of hydrogen-bond donors (Lipinski definition) is 1. The number of benzene rings is 1. The Hall–Kier alpha value is -0.800. The Balaban J connectivity index is 2.28. The van der Waals surface area contributed by atoms with E-state index in [0.717, 1.165) is 9.35 Å². The standard InChI is InChI=1S/C13H13BrN2O2S3/c1-16(7-9-5-12(14)20-8-9)21(17,18)11-4-2-3-10(6-11)13(15)19/h2-6,8H,7H2,1H3,(H2,15,19). The minimum atomic E-state index is -3.58. The Morgan fingerprint density at radius 1 is 1.43 bits per heavy atom. The third-order valence-corrected chi connectivity index (χ3v) is 6.44. The van der Waals surface area contributed by atoms with Gasteiger partial charge >= 0.3 is 0 Å². The first-order valence-corrected chi connectivity index (χ1v) is 9.42. The maximum Gasteiger partial charge on any atom is 0.243 e. The fourth-order valence-electron chi connectivity index (χ4n) is 1.76. The Kier molecular flexibility index (Phi) is 5.15. The molecule has 2 N–H and O–H groups in total. The Morgan fingerprint density at radius 2 is 2.14 bits per heavy atom. The van der Waals surface area contributed by atoms with Crippen LogP contribution >= 0.6 is 39.5 Å². The number of thiocarbonyl (C=S) groups is 1. The Morgan fingerprint density at radius 3 is 2.71 bits per heavy atom. The van der Waals surface area contributed by atoms with E-state index in [1.807, 2.05) is 11.4 Å². The zero-order chi connectivity index (χ0) is 15.6.